The van der Waals surface area contributed by atoms with Crippen LogP contribution in [0.25, 0.3) is 0 Å². The van der Waals surface area contributed by atoms with E-state index in [1.54, 1.807) is 6.92 Å². The molecule has 0 radical (unpaired) electrons. The Morgan fingerprint density at radius 2 is 2.64 bits per heavy atom. The fourth-order valence-electron chi connectivity index (χ4n) is 1.09. The van der Waals surface area contributed by atoms with Crippen molar-refractivity contribution in [3.63, 3.8) is 0 Å². The number of hydrogen-bond donors (Lipinski definition) is 3. The van der Waals surface area contributed by atoms with Crippen LogP contribution in [0.1, 0.15) is 13.3 Å². The number of aliphatic hydroxyl groups excluding tert-OH is 1. The minimum Gasteiger partial charge on any atom is -0.392 e. The van der Waals surface area contributed by atoms with Crippen LogP contribution in [-0.4, -0.2) is 36.2 Å². The Kier molecular flexibility index (Phi) is 2.84. The molecule has 64 valence electrons. The average molecular weight is 158 g/mol. The number of rotatable bonds is 3. The molecule has 0 bridgehead atoms. The average Bonchev–Trinajstić information content (AvgIpc) is 2.31. The van der Waals surface area contributed by atoms with E-state index < -0.39 is 0 Å². The minimum absolute atomic E-state index is 0.0908. The zero-order valence-corrected chi connectivity index (χ0v) is 6.63. The maximum Gasteiger partial charge on any atom is 0.221 e. The van der Waals surface area contributed by atoms with Crippen molar-refractivity contribution >= 4 is 5.91 Å². The SMILES string of the molecule is C[C@@H](O)CNC1CNC(=O)C1. The lowest BCUT2D eigenvalue weighted by atomic mass is 10.2. The van der Waals surface area contributed by atoms with E-state index in [9.17, 15) is 4.79 Å². The van der Waals surface area contributed by atoms with Crippen LogP contribution < -0.4 is 10.6 Å². The predicted octanol–water partition coefficient (Wildman–Crippen LogP) is -1.15. The maximum absolute atomic E-state index is 10.7. The molecule has 1 aliphatic heterocycles. The fourth-order valence-corrected chi connectivity index (χ4v) is 1.09. The van der Waals surface area contributed by atoms with Crippen molar-refractivity contribution in [3.8, 4) is 0 Å². The third-order valence-corrected chi connectivity index (χ3v) is 1.68. The van der Waals surface area contributed by atoms with Crippen molar-refractivity contribution in [2.45, 2.75) is 25.5 Å². The molecular formula is C7H14N2O2. The largest absolute Gasteiger partial charge is 0.392 e. The van der Waals surface area contributed by atoms with Crippen LogP contribution in [0.2, 0.25) is 0 Å². The van der Waals surface area contributed by atoms with E-state index in [-0.39, 0.29) is 18.1 Å². The van der Waals surface area contributed by atoms with E-state index in [0.717, 1.165) is 0 Å². The molecular weight excluding hydrogens is 144 g/mol. The van der Waals surface area contributed by atoms with Crippen molar-refractivity contribution in [2.75, 3.05) is 13.1 Å². The number of carbonyl (C=O) groups excluding carboxylic acids is 1. The first-order chi connectivity index (χ1) is 5.18. The van der Waals surface area contributed by atoms with Crippen molar-refractivity contribution in [1.82, 2.24) is 10.6 Å². The zero-order chi connectivity index (χ0) is 8.27. The Hall–Kier alpha value is -0.610. The van der Waals surface area contributed by atoms with Gasteiger partial charge in [0.15, 0.2) is 0 Å². The van der Waals surface area contributed by atoms with Gasteiger partial charge >= 0.3 is 0 Å². The first-order valence-electron chi connectivity index (χ1n) is 3.86. The van der Waals surface area contributed by atoms with Crippen molar-refractivity contribution < 1.29 is 9.90 Å². The summed E-state index contributed by atoms with van der Waals surface area (Å²) >= 11 is 0. The quantitative estimate of drug-likeness (QED) is 0.486. The highest BCUT2D eigenvalue weighted by molar-refractivity contribution is 5.78. The summed E-state index contributed by atoms with van der Waals surface area (Å²) < 4.78 is 0. The van der Waals surface area contributed by atoms with Crippen molar-refractivity contribution in [3.05, 3.63) is 0 Å². The number of amides is 1. The summed E-state index contributed by atoms with van der Waals surface area (Å²) in [4.78, 5) is 10.7. The zero-order valence-electron chi connectivity index (χ0n) is 6.63. The summed E-state index contributed by atoms with van der Waals surface area (Å²) in [6.45, 7) is 2.96. The van der Waals surface area contributed by atoms with E-state index in [4.69, 9.17) is 5.11 Å². The Labute approximate surface area is 66.0 Å². The first-order valence-corrected chi connectivity index (χ1v) is 3.86. The molecule has 2 atom stereocenters. The van der Waals surface area contributed by atoms with Gasteiger partial charge in [-0.05, 0) is 6.92 Å². The third kappa shape index (κ3) is 2.86. The smallest absolute Gasteiger partial charge is 0.221 e. The topological polar surface area (TPSA) is 61.4 Å². The van der Waals surface area contributed by atoms with Crippen molar-refractivity contribution in [2.24, 2.45) is 0 Å². The molecule has 11 heavy (non-hydrogen) atoms. The monoisotopic (exact) mass is 158 g/mol. The number of carbonyl (C=O) groups is 1. The van der Waals surface area contributed by atoms with Gasteiger partial charge in [-0.3, -0.25) is 4.79 Å². The van der Waals surface area contributed by atoms with Gasteiger partial charge in [-0.25, -0.2) is 0 Å². The van der Waals surface area contributed by atoms with E-state index in [1.165, 1.54) is 0 Å². The Morgan fingerprint density at radius 3 is 3.09 bits per heavy atom. The number of hydrogen-bond acceptors (Lipinski definition) is 3. The molecule has 1 unspecified atom stereocenters. The summed E-state index contributed by atoms with van der Waals surface area (Å²) in [6, 6.07) is 0.206. The lowest BCUT2D eigenvalue weighted by molar-refractivity contribution is -0.119. The van der Waals surface area contributed by atoms with Gasteiger partial charge in [0.05, 0.1) is 6.10 Å². The van der Waals surface area contributed by atoms with Crippen LogP contribution in [0.15, 0.2) is 0 Å². The van der Waals surface area contributed by atoms with Gasteiger partial charge in [-0.1, -0.05) is 0 Å². The summed E-state index contributed by atoms with van der Waals surface area (Å²) in [6.07, 6.45) is 0.193. The highest BCUT2D eigenvalue weighted by Gasteiger charge is 2.20. The van der Waals surface area contributed by atoms with E-state index in [1.807, 2.05) is 0 Å². The molecule has 3 N–H and O–H groups in total. The molecule has 1 rings (SSSR count). The van der Waals surface area contributed by atoms with Gasteiger partial charge in [0.25, 0.3) is 0 Å². The summed E-state index contributed by atoms with van der Waals surface area (Å²) in [7, 11) is 0. The van der Waals surface area contributed by atoms with Crippen LogP contribution in [0.3, 0.4) is 0 Å². The molecule has 1 heterocycles. The summed E-state index contributed by atoms with van der Waals surface area (Å²) in [5.74, 6) is 0.0908. The van der Waals surface area contributed by atoms with Gasteiger partial charge in [-0.15, -0.1) is 0 Å². The lowest BCUT2D eigenvalue weighted by Crippen LogP contribution is -2.35. The standard InChI is InChI=1S/C7H14N2O2/c1-5(10)3-8-6-2-7(11)9-4-6/h5-6,8,10H,2-4H2,1H3,(H,9,11)/t5-,6?/m1/s1. The third-order valence-electron chi connectivity index (χ3n) is 1.68. The number of aliphatic hydroxyl groups is 1. The van der Waals surface area contributed by atoms with Gasteiger partial charge in [0.2, 0.25) is 5.91 Å². The first kappa shape index (κ1) is 8.49. The van der Waals surface area contributed by atoms with Crippen LogP contribution in [0.5, 0.6) is 0 Å². The maximum atomic E-state index is 10.7. The second kappa shape index (κ2) is 3.69. The second-order valence-electron chi connectivity index (χ2n) is 2.96. The molecule has 1 amide bonds. The molecule has 4 nitrogen and oxygen atoms in total. The molecule has 1 saturated heterocycles. The molecule has 0 aromatic carbocycles. The normalized spacial score (nSPS) is 26.7. The predicted molar refractivity (Wildman–Crippen MR) is 41.1 cm³/mol. The van der Waals surface area contributed by atoms with Crippen molar-refractivity contribution in [1.29, 1.82) is 0 Å². The van der Waals surface area contributed by atoms with Gasteiger partial charge < -0.3 is 15.7 Å². The summed E-state index contributed by atoms with van der Waals surface area (Å²) in [5.41, 5.74) is 0. The van der Waals surface area contributed by atoms with Gasteiger partial charge in [0.1, 0.15) is 0 Å². The molecule has 0 aromatic rings. The summed E-state index contributed by atoms with van der Waals surface area (Å²) in [5, 5.41) is 14.7. The Morgan fingerprint density at radius 1 is 1.91 bits per heavy atom. The lowest BCUT2D eigenvalue weighted by Gasteiger charge is -2.10. The molecule has 0 aromatic heterocycles. The van der Waals surface area contributed by atoms with Gasteiger partial charge in [-0.2, -0.15) is 0 Å². The molecule has 1 fully saturated rings. The fraction of sp³-hybridized carbons (Fsp3) is 0.857. The van der Waals surface area contributed by atoms with E-state index in [0.29, 0.717) is 19.5 Å². The highest BCUT2D eigenvalue weighted by atomic mass is 16.3. The number of nitrogens with one attached hydrogen (secondary N) is 2. The molecule has 1 aliphatic rings. The second-order valence-corrected chi connectivity index (χ2v) is 2.96. The van der Waals surface area contributed by atoms with E-state index in [2.05, 4.69) is 10.6 Å². The van der Waals surface area contributed by atoms with Crippen LogP contribution >= 0.6 is 0 Å². The Balaban J connectivity index is 2.13. The van der Waals surface area contributed by atoms with E-state index >= 15 is 0 Å². The minimum atomic E-state index is -0.342. The van der Waals surface area contributed by atoms with Gasteiger partial charge in [0, 0.05) is 25.6 Å². The van der Waals surface area contributed by atoms with Crippen LogP contribution in [-0.2, 0) is 4.79 Å². The molecule has 0 aliphatic carbocycles. The van der Waals surface area contributed by atoms with Crippen LogP contribution in [0, 0.1) is 0 Å². The molecule has 0 spiro atoms. The van der Waals surface area contributed by atoms with Crippen LogP contribution in [0.4, 0.5) is 0 Å². The Bertz CT molecular complexity index is 147. The molecule has 4 heteroatoms. The molecule has 0 saturated carbocycles. The highest BCUT2D eigenvalue weighted by Crippen LogP contribution is 1.98.